The monoisotopic (exact) mass is 345 g/mol. The number of Topliss-reactive ketones (excluding diaryl/α,β-unsaturated/α-hetero) is 1. The Balaban J connectivity index is 1.95. The van der Waals surface area contributed by atoms with Gasteiger partial charge >= 0.3 is 5.97 Å². The van der Waals surface area contributed by atoms with E-state index in [-0.39, 0.29) is 23.9 Å². The fourth-order valence-corrected chi connectivity index (χ4v) is 3.09. The molecule has 6 heteroatoms. The summed E-state index contributed by atoms with van der Waals surface area (Å²) in [4.78, 5) is 39.1. The van der Waals surface area contributed by atoms with Gasteiger partial charge in [-0.15, -0.1) is 0 Å². The molecule has 0 amide bonds. The van der Waals surface area contributed by atoms with Crippen molar-refractivity contribution in [3.05, 3.63) is 68.1 Å². The predicted octanol–water partition coefficient (Wildman–Crippen LogP) is 3.12. The summed E-state index contributed by atoms with van der Waals surface area (Å²) in [5.74, 6) is -0.835. The fourth-order valence-electron chi connectivity index (χ4n) is 2.96. The van der Waals surface area contributed by atoms with Gasteiger partial charge in [-0.25, -0.2) is 4.79 Å². The lowest BCUT2D eigenvalue weighted by Crippen LogP contribution is -2.28. The summed E-state index contributed by atoms with van der Waals surface area (Å²) in [5.41, 5.74) is 1.28. The summed E-state index contributed by atoms with van der Waals surface area (Å²) in [6.45, 7) is 1.83. The van der Waals surface area contributed by atoms with E-state index in [1.807, 2.05) is 12.1 Å². The zero-order chi connectivity index (χ0) is 17.3. The molecule has 0 aliphatic heterocycles. The Morgan fingerprint density at radius 3 is 2.62 bits per heavy atom. The normalized spacial score (nSPS) is 16.6. The Morgan fingerprint density at radius 2 is 1.96 bits per heavy atom. The maximum atomic E-state index is 12.5. The van der Waals surface area contributed by atoms with Crippen molar-refractivity contribution in [2.45, 2.75) is 25.7 Å². The Hall–Kier alpha value is -2.40. The molecule has 0 saturated carbocycles. The minimum absolute atomic E-state index is 0.0219. The van der Waals surface area contributed by atoms with Crippen LogP contribution in [0.2, 0.25) is 5.02 Å². The first kappa shape index (κ1) is 16.5. The number of fused-ring (bicyclic) bond motifs is 1. The lowest BCUT2D eigenvalue weighted by atomic mass is 9.81. The highest BCUT2D eigenvalue weighted by Gasteiger charge is 2.29. The van der Waals surface area contributed by atoms with Crippen LogP contribution in [0.1, 0.15) is 51.2 Å². The quantitative estimate of drug-likeness (QED) is 0.867. The number of benzene rings is 1. The molecule has 1 aliphatic carbocycles. The van der Waals surface area contributed by atoms with Gasteiger partial charge in [0.2, 0.25) is 0 Å². The van der Waals surface area contributed by atoms with E-state index in [4.69, 9.17) is 16.3 Å². The summed E-state index contributed by atoms with van der Waals surface area (Å²) in [5, 5.41) is 0.633. The van der Waals surface area contributed by atoms with Crippen molar-refractivity contribution in [2.24, 2.45) is 0 Å². The molecule has 1 aromatic heterocycles. The van der Waals surface area contributed by atoms with Crippen LogP contribution >= 0.6 is 11.6 Å². The Labute approximate surface area is 143 Å². The van der Waals surface area contributed by atoms with Gasteiger partial charge in [0.1, 0.15) is 5.56 Å². The summed E-state index contributed by atoms with van der Waals surface area (Å²) in [6, 6.07) is 8.69. The average Bonchev–Trinajstić information content (AvgIpc) is 2.55. The number of carbonyl (C=O) groups is 2. The van der Waals surface area contributed by atoms with Gasteiger partial charge in [-0.05, 0) is 43.0 Å². The SMILES string of the molecule is CCOC(=O)c1cc2c([nH]c1=O)C[C@H](c1ccc(Cl)cc1)CC2=O. The Bertz CT molecular complexity index is 854. The molecule has 1 atom stereocenters. The number of rotatable bonds is 3. The number of ketones is 1. The van der Waals surface area contributed by atoms with Crippen molar-refractivity contribution in [2.75, 3.05) is 6.61 Å². The summed E-state index contributed by atoms with van der Waals surface area (Å²) < 4.78 is 4.85. The van der Waals surface area contributed by atoms with Gasteiger partial charge in [0, 0.05) is 22.7 Å². The number of H-pyrrole nitrogens is 1. The van der Waals surface area contributed by atoms with Crippen LogP contribution in [0.4, 0.5) is 0 Å². The molecule has 0 bridgehead atoms. The topological polar surface area (TPSA) is 76.2 Å². The van der Waals surface area contributed by atoms with Crippen LogP contribution in [0, 0.1) is 0 Å². The van der Waals surface area contributed by atoms with E-state index in [2.05, 4.69) is 4.98 Å². The fraction of sp³-hybridized carbons (Fsp3) is 0.278. The molecule has 1 aliphatic rings. The average molecular weight is 346 g/mol. The first-order valence-electron chi connectivity index (χ1n) is 7.71. The van der Waals surface area contributed by atoms with E-state index >= 15 is 0 Å². The van der Waals surface area contributed by atoms with Gasteiger partial charge < -0.3 is 9.72 Å². The van der Waals surface area contributed by atoms with E-state index in [1.165, 1.54) is 6.07 Å². The van der Waals surface area contributed by atoms with E-state index in [0.29, 0.717) is 29.1 Å². The van der Waals surface area contributed by atoms with Crippen LogP contribution in [0.3, 0.4) is 0 Å². The van der Waals surface area contributed by atoms with Crippen LogP contribution in [-0.2, 0) is 11.2 Å². The highest BCUT2D eigenvalue weighted by molar-refractivity contribution is 6.30. The smallest absolute Gasteiger partial charge is 0.343 e. The largest absolute Gasteiger partial charge is 0.462 e. The van der Waals surface area contributed by atoms with Crippen LogP contribution in [0.25, 0.3) is 0 Å². The summed E-state index contributed by atoms with van der Waals surface area (Å²) in [6.07, 6.45) is 0.851. The second-order valence-electron chi connectivity index (χ2n) is 5.70. The first-order chi connectivity index (χ1) is 11.5. The van der Waals surface area contributed by atoms with Crippen molar-refractivity contribution in [1.82, 2.24) is 4.98 Å². The minimum atomic E-state index is -0.714. The third-order valence-corrected chi connectivity index (χ3v) is 4.39. The van der Waals surface area contributed by atoms with Gasteiger partial charge in [0.25, 0.3) is 5.56 Å². The van der Waals surface area contributed by atoms with Crippen LogP contribution in [-0.4, -0.2) is 23.3 Å². The molecule has 1 heterocycles. The van der Waals surface area contributed by atoms with Crippen molar-refractivity contribution in [1.29, 1.82) is 0 Å². The number of aromatic amines is 1. The molecule has 3 rings (SSSR count). The molecule has 1 aromatic carbocycles. The Kier molecular flexibility index (Phi) is 4.53. The highest BCUT2D eigenvalue weighted by Crippen LogP contribution is 2.32. The predicted molar refractivity (Wildman–Crippen MR) is 89.9 cm³/mol. The number of hydrogen-bond donors (Lipinski definition) is 1. The van der Waals surface area contributed by atoms with E-state index in [9.17, 15) is 14.4 Å². The number of pyridine rings is 1. The van der Waals surface area contributed by atoms with Crippen molar-refractivity contribution < 1.29 is 14.3 Å². The third kappa shape index (κ3) is 3.12. The maximum Gasteiger partial charge on any atom is 0.343 e. The Morgan fingerprint density at radius 1 is 1.25 bits per heavy atom. The molecule has 0 radical (unpaired) electrons. The van der Waals surface area contributed by atoms with Gasteiger partial charge in [-0.2, -0.15) is 0 Å². The molecule has 0 spiro atoms. The number of carbonyl (C=O) groups excluding carboxylic acids is 2. The van der Waals surface area contributed by atoms with E-state index < -0.39 is 11.5 Å². The highest BCUT2D eigenvalue weighted by atomic mass is 35.5. The number of nitrogens with one attached hydrogen (secondary N) is 1. The standard InChI is InChI=1S/C18H16ClNO4/c1-2-24-18(23)14-9-13-15(20-17(14)22)7-11(8-16(13)21)10-3-5-12(19)6-4-10/h3-6,9,11H,2,7-8H2,1H3,(H,20,22)/t11-/m0/s1. The van der Waals surface area contributed by atoms with E-state index in [1.54, 1.807) is 19.1 Å². The zero-order valence-corrected chi connectivity index (χ0v) is 13.9. The number of ether oxygens (including phenoxy) is 1. The molecule has 5 nitrogen and oxygen atoms in total. The van der Waals surface area contributed by atoms with Crippen LogP contribution in [0.5, 0.6) is 0 Å². The maximum absolute atomic E-state index is 12.5. The van der Waals surface area contributed by atoms with Gasteiger partial charge in [0.05, 0.1) is 6.61 Å². The lowest BCUT2D eigenvalue weighted by molar-refractivity contribution is 0.0524. The van der Waals surface area contributed by atoms with Crippen molar-refractivity contribution >= 4 is 23.4 Å². The van der Waals surface area contributed by atoms with Crippen LogP contribution < -0.4 is 5.56 Å². The van der Waals surface area contributed by atoms with Crippen molar-refractivity contribution in [3.8, 4) is 0 Å². The number of hydrogen-bond acceptors (Lipinski definition) is 4. The van der Waals surface area contributed by atoms with Crippen LogP contribution in [0.15, 0.2) is 35.1 Å². The summed E-state index contributed by atoms with van der Waals surface area (Å²) in [7, 11) is 0. The van der Waals surface area contributed by atoms with Crippen molar-refractivity contribution in [3.63, 3.8) is 0 Å². The lowest BCUT2D eigenvalue weighted by Gasteiger charge is -2.24. The van der Waals surface area contributed by atoms with Gasteiger partial charge in [-0.3, -0.25) is 9.59 Å². The zero-order valence-electron chi connectivity index (χ0n) is 13.1. The molecular formula is C18H16ClNO4. The summed E-state index contributed by atoms with van der Waals surface area (Å²) >= 11 is 5.90. The molecule has 24 heavy (non-hydrogen) atoms. The molecule has 0 unspecified atom stereocenters. The minimum Gasteiger partial charge on any atom is -0.462 e. The number of aromatic nitrogens is 1. The number of esters is 1. The molecule has 0 saturated heterocycles. The number of halogens is 1. The first-order valence-corrected chi connectivity index (χ1v) is 8.09. The molecule has 0 fully saturated rings. The third-order valence-electron chi connectivity index (χ3n) is 4.14. The van der Waals surface area contributed by atoms with Gasteiger partial charge in [-0.1, -0.05) is 23.7 Å². The second kappa shape index (κ2) is 6.61. The van der Waals surface area contributed by atoms with Gasteiger partial charge in [0.15, 0.2) is 5.78 Å². The molecule has 124 valence electrons. The molecule has 2 aromatic rings. The second-order valence-corrected chi connectivity index (χ2v) is 6.14. The molecule has 1 N–H and O–H groups in total. The van der Waals surface area contributed by atoms with E-state index in [0.717, 1.165) is 5.56 Å². The molecular weight excluding hydrogens is 330 g/mol.